The molecule has 1 aromatic carbocycles. The van der Waals surface area contributed by atoms with E-state index in [0.29, 0.717) is 6.04 Å². The Bertz CT molecular complexity index is 375. The van der Waals surface area contributed by atoms with Crippen LogP contribution in [0.2, 0.25) is 0 Å². The fourth-order valence-corrected chi connectivity index (χ4v) is 2.94. The van der Waals surface area contributed by atoms with Crippen molar-refractivity contribution in [3.8, 4) is 0 Å². The van der Waals surface area contributed by atoms with E-state index in [2.05, 4.69) is 48.3 Å². The van der Waals surface area contributed by atoms with Gasteiger partial charge in [0.25, 0.3) is 0 Å². The predicted molar refractivity (Wildman–Crippen MR) is 82.6 cm³/mol. The van der Waals surface area contributed by atoms with Crippen molar-refractivity contribution in [3.05, 3.63) is 35.4 Å². The van der Waals surface area contributed by atoms with E-state index in [-0.39, 0.29) is 0 Å². The van der Waals surface area contributed by atoms with Crippen LogP contribution in [-0.2, 0) is 6.42 Å². The molecule has 0 spiro atoms. The van der Waals surface area contributed by atoms with Gasteiger partial charge in [0, 0.05) is 19.1 Å². The number of benzene rings is 1. The highest BCUT2D eigenvalue weighted by molar-refractivity contribution is 5.25. The van der Waals surface area contributed by atoms with Crippen LogP contribution in [0.3, 0.4) is 0 Å². The topological polar surface area (TPSA) is 15.3 Å². The second-order valence-corrected chi connectivity index (χ2v) is 5.77. The molecule has 1 aromatic rings. The summed E-state index contributed by atoms with van der Waals surface area (Å²) in [5.74, 6) is 0. The molecule has 1 aliphatic rings. The summed E-state index contributed by atoms with van der Waals surface area (Å²) in [7, 11) is 0. The minimum atomic E-state index is 0.713. The summed E-state index contributed by atoms with van der Waals surface area (Å²) in [6.45, 7) is 9.33. The number of aryl methyl sites for hydroxylation is 1. The van der Waals surface area contributed by atoms with Crippen molar-refractivity contribution in [1.29, 1.82) is 0 Å². The molecule has 2 heteroatoms. The van der Waals surface area contributed by atoms with Gasteiger partial charge in [0.15, 0.2) is 0 Å². The van der Waals surface area contributed by atoms with E-state index < -0.39 is 0 Å². The monoisotopic (exact) mass is 260 g/mol. The quantitative estimate of drug-likeness (QED) is 0.846. The predicted octanol–water partition coefficient (Wildman–Crippen LogP) is 3.00. The third-order valence-electron chi connectivity index (χ3n) is 4.15. The number of hydrogen-bond donors (Lipinski definition) is 1. The van der Waals surface area contributed by atoms with E-state index in [0.717, 1.165) is 6.54 Å². The Morgan fingerprint density at radius 1 is 1.32 bits per heavy atom. The van der Waals surface area contributed by atoms with E-state index in [1.807, 2.05) is 0 Å². The average Bonchev–Trinajstić information content (AvgIpc) is 2.45. The van der Waals surface area contributed by atoms with Crippen molar-refractivity contribution in [2.45, 2.75) is 45.6 Å². The van der Waals surface area contributed by atoms with Gasteiger partial charge in [-0.15, -0.1) is 0 Å². The molecule has 1 saturated heterocycles. The van der Waals surface area contributed by atoms with Gasteiger partial charge in [0.2, 0.25) is 0 Å². The lowest BCUT2D eigenvalue weighted by Crippen LogP contribution is -2.46. The maximum Gasteiger partial charge on any atom is 0.0195 e. The smallest absolute Gasteiger partial charge is 0.0195 e. The maximum atomic E-state index is 3.67. The van der Waals surface area contributed by atoms with Gasteiger partial charge in [-0.1, -0.05) is 31.2 Å². The van der Waals surface area contributed by atoms with Gasteiger partial charge in [-0.05, 0) is 56.8 Å². The molecule has 0 amide bonds. The third kappa shape index (κ3) is 4.63. The SMILES string of the molecule is CCCNC1CCCN(CCc2ccccc2C)C1. The highest BCUT2D eigenvalue weighted by Crippen LogP contribution is 2.13. The van der Waals surface area contributed by atoms with E-state index >= 15 is 0 Å². The zero-order valence-electron chi connectivity index (χ0n) is 12.5. The molecule has 0 saturated carbocycles. The zero-order chi connectivity index (χ0) is 13.5. The summed E-state index contributed by atoms with van der Waals surface area (Å²) in [5.41, 5.74) is 2.94. The summed E-state index contributed by atoms with van der Waals surface area (Å²) in [6, 6.07) is 9.49. The van der Waals surface area contributed by atoms with Crippen molar-refractivity contribution in [2.75, 3.05) is 26.2 Å². The van der Waals surface area contributed by atoms with Crippen molar-refractivity contribution in [1.82, 2.24) is 10.2 Å². The molecule has 1 fully saturated rings. The Hall–Kier alpha value is -0.860. The van der Waals surface area contributed by atoms with E-state index in [4.69, 9.17) is 0 Å². The second kappa shape index (κ2) is 7.66. The Labute approximate surface area is 118 Å². The molecule has 1 aliphatic heterocycles. The van der Waals surface area contributed by atoms with Crippen LogP contribution >= 0.6 is 0 Å². The summed E-state index contributed by atoms with van der Waals surface area (Å²) in [6.07, 6.45) is 5.11. The molecule has 1 unspecified atom stereocenters. The normalized spacial score (nSPS) is 20.6. The lowest BCUT2D eigenvalue weighted by Gasteiger charge is -2.33. The molecule has 0 aliphatic carbocycles. The average molecular weight is 260 g/mol. The standard InChI is InChI=1S/C17H28N2/c1-3-11-18-17-9-6-12-19(14-17)13-10-16-8-5-4-7-15(16)2/h4-5,7-8,17-18H,3,6,9-14H2,1-2H3. The maximum absolute atomic E-state index is 3.67. The number of nitrogens with zero attached hydrogens (tertiary/aromatic N) is 1. The highest BCUT2D eigenvalue weighted by Gasteiger charge is 2.18. The third-order valence-corrected chi connectivity index (χ3v) is 4.15. The first-order chi connectivity index (χ1) is 9.29. The van der Waals surface area contributed by atoms with Gasteiger partial charge >= 0.3 is 0 Å². The summed E-state index contributed by atoms with van der Waals surface area (Å²) in [4.78, 5) is 2.63. The molecule has 2 rings (SSSR count). The Morgan fingerprint density at radius 2 is 2.16 bits per heavy atom. The molecule has 1 atom stereocenters. The van der Waals surface area contributed by atoms with E-state index in [1.165, 1.54) is 56.4 Å². The first-order valence-electron chi connectivity index (χ1n) is 7.80. The number of rotatable bonds is 6. The van der Waals surface area contributed by atoms with Crippen LogP contribution in [0.4, 0.5) is 0 Å². The fourth-order valence-electron chi connectivity index (χ4n) is 2.94. The number of likely N-dealkylation sites (tertiary alicyclic amines) is 1. The largest absolute Gasteiger partial charge is 0.313 e. The summed E-state index contributed by atoms with van der Waals surface area (Å²) in [5, 5.41) is 3.67. The van der Waals surface area contributed by atoms with Crippen molar-refractivity contribution >= 4 is 0 Å². The van der Waals surface area contributed by atoms with Crippen molar-refractivity contribution in [3.63, 3.8) is 0 Å². The Morgan fingerprint density at radius 3 is 2.95 bits per heavy atom. The first kappa shape index (κ1) is 14.5. The number of piperidine rings is 1. The molecule has 0 radical (unpaired) electrons. The van der Waals surface area contributed by atoms with Crippen LogP contribution in [0.25, 0.3) is 0 Å². The molecule has 0 bridgehead atoms. The van der Waals surface area contributed by atoms with E-state index in [1.54, 1.807) is 0 Å². The van der Waals surface area contributed by atoms with Gasteiger partial charge in [0.1, 0.15) is 0 Å². The Balaban J connectivity index is 1.78. The van der Waals surface area contributed by atoms with Crippen molar-refractivity contribution < 1.29 is 0 Å². The van der Waals surface area contributed by atoms with Crippen LogP contribution in [0.1, 0.15) is 37.3 Å². The van der Waals surface area contributed by atoms with Crippen LogP contribution < -0.4 is 5.32 Å². The van der Waals surface area contributed by atoms with Gasteiger partial charge in [0.05, 0.1) is 0 Å². The van der Waals surface area contributed by atoms with Gasteiger partial charge < -0.3 is 10.2 Å². The van der Waals surface area contributed by atoms with Gasteiger partial charge in [-0.2, -0.15) is 0 Å². The van der Waals surface area contributed by atoms with Crippen molar-refractivity contribution in [2.24, 2.45) is 0 Å². The Kier molecular flexibility index (Phi) is 5.87. The highest BCUT2D eigenvalue weighted by atomic mass is 15.2. The van der Waals surface area contributed by atoms with Crippen LogP contribution in [0, 0.1) is 6.92 Å². The zero-order valence-corrected chi connectivity index (χ0v) is 12.5. The minimum absolute atomic E-state index is 0.713. The fraction of sp³-hybridized carbons (Fsp3) is 0.647. The number of nitrogens with one attached hydrogen (secondary N) is 1. The van der Waals surface area contributed by atoms with Crippen LogP contribution in [-0.4, -0.2) is 37.1 Å². The molecule has 19 heavy (non-hydrogen) atoms. The molecule has 1 N–H and O–H groups in total. The van der Waals surface area contributed by atoms with Crippen LogP contribution in [0.15, 0.2) is 24.3 Å². The van der Waals surface area contributed by atoms with E-state index in [9.17, 15) is 0 Å². The van der Waals surface area contributed by atoms with Gasteiger partial charge in [-0.3, -0.25) is 0 Å². The molecular formula is C17H28N2. The molecule has 2 nitrogen and oxygen atoms in total. The second-order valence-electron chi connectivity index (χ2n) is 5.77. The minimum Gasteiger partial charge on any atom is -0.313 e. The lowest BCUT2D eigenvalue weighted by atomic mass is 10.0. The first-order valence-corrected chi connectivity index (χ1v) is 7.80. The van der Waals surface area contributed by atoms with Gasteiger partial charge in [-0.25, -0.2) is 0 Å². The summed E-state index contributed by atoms with van der Waals surface area (Å²) >= 11 is 0. The van der Waals surface area contributed by atoms with Crippen LogP contribution in [0.5, 0.6) is 0 Å². The molecule has 1 heterocycles. The number of hydrogen-bond acceptors (Lipinski definition) is 2. The lowest BCUT2D eigenvalue weighted by molar-refractivity contribution is 0.193. The molecule has 106 valence electrons. The molecular weight excluding hydrogens is 232 g/mol. The summed E-state index contributed by atoms with van der Waals surface area (Å²) < 4.78 is 0. The molecule has 0 aromatic heterocycles.